The third-order valence-electron chi connectivity index (χ3n) is 2.07. The second kappa shape index (κ2) is 3.06. The molecule has 1 fully saturated rings. The van der Waals surface area contributed by atoms with E-state index < -0.39 is 0 Å². The van der Waals surface area contributed by atoms with E-state index in [9.17, 15) is 0 Å². The van der Waals surface area contributed by atoms with E-state index in [4.69, 9.17) is 0 Å². The van der Waals surface area contributed by atoms with E-state index in [0.717, 1.165) is 13.1 Å². The van der Waals surface area contributed by atoms with E-state index in [2.05, 4.69) is 36.9 Å². The van der Waals surface area contributed by atoms with Gasteiger partial charge in [0.25, 0.3) is 0 Å². The summed E-state index contributed by atoms with van der Waals surface area (Å²) < 4.78 is 0. The Balaban J connectivity index is 2.54. The fraction of sp³-hybridized carbons (Fsp3) is 0.750. The van der Waals surface area contributed by atoms with Crippen LogP contribution in [0.1, 0.15) is 6.92 Å². The van der Waals surface area contributed by atoms with Crippen LogP contribution < -0.4 is 0 Å². The van der Waals surface area contributed by atoms with Crippen LogP contribution >= 0.6 is 0 Å². The topological polar surface area (TPSA) is 6.48 Å². The molecule has 10 heavy (non-hydrogen) atoms. The van der Waals surface area contributed by atoms with Gasteiger partial charge in [0.1, 0.15) is 0 Å². The molecule has 0 bridgehead atoms. The van der Waals surface area contributed by atoms with Gasteiger partial charge in [0.2, 0.25) is 0 Å². The predicted molar refractivity (Wildman–Crippen MR) is 43.9 cm³/mol. The summed E-state index contributed by atoms with van der Waals surface area (Å²) in [5.74, 6) is 0. The standard InChI is InChI=1S/C8H16N2/c1-4-8-7-9(2)5-6-10(8)3/h4H,5-7H2,1-3H3/b8-4-. The molecule has 0 aromatic carbocycles. The lowest BCUT2D eigenvalue weighted by Gasteiger charge is -2.33. The third-order valence-corrected chi connectivity index (χ3v) is 2.07. The molecule has 0 spiro atoms. The maximum absolute atomic E-state index is 2.34. The summed E-state index contributed by atoms with van der Waals surface area (Å²) in [7, 11) is 4.32. The molecular weight excluding hydrogens is 124 g/mol. The Hall–Kier alpha value is -0.500. The van der Waals surface area contributed by atoms with Crippen molar-refractivity contribution in [1.29, 1.82) is 0 Å². The van der Waals surface area contributed by atoms with Crippen molar-refractivity contribution in [3.8, 4) is 0 Å². The molecule has 0 atom stereocenters. The van der Waals surface area contributed by atoms with E-state index in [-0.39, 0.29) is 0 Å². The molecule has 2 nitrogen and oxygen atoms in total. The van der Waals surface area contributed by atoms with Gasteiger partial charge in [-0.3, -0.25) is 4.90 Å². The zero-order valence-electron chi connectivity index (χ0n) is 7.09. The molecule has 0 amide bonds. The minimum atomic E-state index is 1.10. The molecular formula is C8H16N2. The Kier molecular flexibility index (Phi) is 2.33. The number of rotatable bonds is 0. The van der Waals surface area contributed by atoms with Gasteiger partial charge < -0.3 is 4.90 Å². The van der Waals surface area contributed by atoms with Gasteiger partial charge in [0.05, 0.1) is 0 Å². The largest absolute Gasteiger partial charge is 0.376 e. The molecule has 2 heteroatoms. The van der Waals surface area contributed by atoms with Crippen molar-refractivity contribution in [3.05, 3.63) is 11.8 Å². The Morgan fingerprint density at radius 3 is 2.50 bits per heavy atom. The highest BCUT2D eigenvalue weighted by molar-refractivity contribution is 5.03. The quantitative estimate of drug-likeness (QED) is 0.490. The van der Waals surface area contributed by atoms with Crippen LogP contribution in [-0.4, -0.2) is 43.5 Å². The van der Waals surface area contributed by atoms with Gasteiger partial charge >= 0.3 is 0 Å². The maximum Gasteiger partial charge on any atom is 0.0378 e. The van der Waals surface area contributed by atoms with E-state index >= 15 is 0 Å². The summed E-state index contributed by atoms with van der Waals surface area (Å²) >= 11 is 0. The normalized spacial score (nSPS) is 25.9. The minimum Gasteiger partial charge on any atom is -0.376 e. The summed E-state index contributed by atoms with van der Waals surface area (Å²) in [4.78, 5) is 4.66. The zero-order chi connectivity index (χ0) is 7.56. The number of piperazine rings is 1. The Morgan fingerprint density at radius 2 is 2.00 bits per heavy atom. The zero-order valence-corrected chi connectivity index (χ0v) is 7.09. The van der Waals surface area contributed by atoms with Gasteiger partial charge in [-0.05, 0) is 14.0 Å². The summed E-state index contributed by atoms with van der Waals surface area (Å²) in [6, 6.07) is 0. The van der Waals surface area contributed by atoms with Crippen molar-refractivity contribution in [3.63, 3.8) is 0 Å². The summed E-state index contributed by atoms with van der Waals surface area (Å²) in [6.07, 6.45) is 2.19. The fourth-order valence-corrected chi connectivity index (χ4v) is 1.25. The van der Waals surface area contributed by atoms with Crippen LogP contribution in [0.25, 0.3) is 0 Å². The van der Waals surface area contributed by atoms with Gasteiger partial charge in [0.15, 0.2) is 0 Å². The van der Waals surface area contributed by atoms with E-state index in [1.807, 2.05) is 0 Å². The smallest absolute Gasteiger partial charge is 0.0378 e. The molecule has 0 aromatic heterocycles. The maximum atomic E-state index is 2.34. The first-order valence-electron chi connectivity index (χ1n) is 3.79. The van der Waals surface area contributed by atoms with E-state index in [1.54, 1.807) is 0 Å². The molecule has 0 aromatic rings. The molecule has 0 aliphatic carbocycles. The number of likely N-dealkylation sites (N-methyl/N-ethyl adjacent to an activating group) is 2. The number of allylic oxidation sites excluding steroid dienone is 1. The highest BCUT2D eigenvalue weighted by Gasteiger charge is 2.12. The molecule has 0 N–H and O–H groups in total. The number of nitrogens with zero attached hydrogens (tertiary/aromatic N) is 2. The number of hydrogen-bond acceptors (Lipinski definition) is 2. The average Bonchev–Trinajstić information content (AvgIpc) is 1.94. The highest BCUT2D eigenvalue weighted by atomic mass is 15.2. The predicted octanol–water partition coefficient (Wildman–Crippen LogP) is 0.767. The monoisotopic (exact) mass is 140 g/mol. The first-order chi connectivity index (χ1) is 4.74. The fourth-order valence-electron chi connectivity index (χ4n) is 1.25. The van der Waals surface area contributed by atoms with Crippen molar-refractivity contribution in [1.82, 2.24) is 9.80 Å². The molecule has 1 aliphatic rings. The van der Waals surface area contributed by atoms with Gasteiger partial charge in [-0.1, -0.05) is 6.08 Å². The molecule has 1 heterocycles. The minimum absolute atomic E-state index is 1.10. The second-order valence-corrected chi connectivity index (χ2v) is 2.94. The molecule has 0 unspecified atom stereocenters. The van der Waals surface area contributed by atoms with Crippen LogP contribution in [0.15, 0.2) is 11.8 Å². The molecule has 58 valence electrons. The Morgan fingerprint density at radius 1 is 1.30 bits per heavy atom. The molecule has 1 saturated heterocycles. The lowest BCUT2D eigenvalue weighted by molar-refractivity contribution is 0.229. The highest BCUT2D eigenvalue weighted by Crippen LogP contribution is 2.08. The van der Waals surface area contributed by atoms with Crippen molar-refractivity contribution in [2.45, 2.75) is 6.92 Å². The van der Waals surface area contributed by atoms with E-state index in [1.165, 1.54) is 12.2 Å². The Bertz CT molecular complexity index is 140. The molecule has 1 rings (SSSR count). The van der Waals surface area contributed by atoms with Crippen molar-refractivity contribution >= 4 is 0 Å². The Labute approximate surface area is 63.1 Å². The van der Waals surface area contributed by atoms with Crippen molar-refractivity contribution in [2.24, 2.45) is 0 Å². The van der Waals surface area contributed by atoms with Crippen LogP contribution in [0.5, 0.6) is 0 Å². The number of hydrogen-bond donors (Lipinski definition) is 0. The second-order valence-electron chi connectivity index (χ2n) is 2.94. The lowest BCUT2D eigenvalue weighted by Crippen LogP contribution is -2.40. The summed E-state index contributed by atoms with van der Waals surface area (Å²) in [5.41, 5.74) is 1.44. The third kappa shape index (κ3) is 1.51. The molecule has 0 radical (unpaired) electrons. The average molecular weight is 140 g/mol. The van der Waals surface area contributed by atoms with E-state index in [0.29, 0.717) is 0 Å². The molecule has 1 aliphatic heterocycles. The van der Waals surface area contributed by atoms with Gasteiger partial charge in [-0.25, -0.2) is 0 Å². The van der Waals surface area contributed by atoms with Crippen LogP contribution in [0.3, 0.4) is 0 Å². The van der Waals surface area contributed by atoms with Crippen molar-refractivity contribution in [2.75, 3.05) is 33.7 Å². The molecule has 0 saturated carbocycles. The van der Waals surface area contributed by atoms with Gasteiger partial charge in [-0.2, -0.15) is 0 Å². The van der Waals surface area contributed by atoms with Crippen LogP contribution in [-0.2, 0) is 0 Å². The van der Waals surface area contributed by atoms with Crippen molar-refractivity contribution < 1.29 is 0 Å². The first-order valence-corrected chi connectivity index (χ1v) is 3.79. The summed E-state index contributed by atoms with van der Waals surface area (Å²) in [6.45, 7) is 5.56. The van der Waals surface area contributed by atoms with Crippen LogP contribution in [0.2, 0.25) is 0 Å². The van der Waals surface area contributed by atoms with Crippen LogP contribution in [0.4, 0.5) is 0 Å². The first kappa shape index (κ1) is 7.61. The lowest BCUT2D eigenvalue weighted by atomic mass is 10.3. The SMILES string of the molecule is C/C=C1/CN(C)CCN1C. The van der Waals surface area contributed by atoms with Crippen LogP contribution in [0, 0.1) is 0 Å². The van der Waals surface area contributed by atoms with Gasteiger partial charge in [0, 0.05) is 32.4 Å². The van der Waals surface area contributed by atoms with Gasteiger partial charge in [-0.15, -0.1) is 0 Å². The summed E-state index contributed by atoms with van der Waals surface area (Å²) in [5, 5.41) is 0.